The Morgan fingerprint density at radius 3 is 0.900 bits per heavy atom. The van der Waals surface area contributed by atoms with Gasteiger partial charge in [-0.2, -0.15) is 0 Å². The van der Waals surface area contributed by atoms with Crippen molar-refractivity contribution in [3.05, 3.63) is 390 Å². The highest BCUT2D eigenvalue weighted by molar-refractivity contribution is 7.99. The fourth-order valence-electron chi connectivity index (χ4n) is 16.2. The molecule has 466 valence electrons. The molecule has 7 heteroatoms. The summed E-state index contributed by atoms with van der Waals surface area (Å²) in [7, 11) is 0. The van der Waals surface area contributed by atoms with Crippen molar-refractivity contribution in [1.29, 1.82) is 0 Å². The molecule has 0 atom stereocenters. The summed E-state index contributed by atoms with van der Waals surface area (Å²) < 4.78 is 0. The quantitative estimate of drug-likeness (QED) is 0.143. The van der Waals surface area contributed by atoms with Gasteiger partial charge in [0.05, 0.1) is 22.2 Å². The zero-order chi connectivity index (χ0) is 65.9. The van der Waals surface area contributed by atoms with Gasteiger partial charge in [-0.1, -0.05) is 321 Å². The molecule has 0 amide bonds. The Balaban J connectivity index is 0.643. The van der Waals surface area contributed by atoms with E-state index in [0.717, 1.165) is 78.1 Å². The average molecular weight is 1310 g/mol. The van der Waals surface area contributed by atoms with Crippen molar-refractivity contribution in [2.75, 3.05) is 0 Å². The molecule has 0 radical (unpaired) electrons. The Morgan fingerprint density at radius 1 is 0.170 bits per heavy atom. The highest BCUT2D eigenvalue weighted by atomic mass is 32.2. The highest BCUT2D eigenvalue weighted by Crippen LogP contribution is 2.64. The van der Waals surface area contributed by atoms with E-state index in [1.807, 2.05) is 23.5 Å². The van der Waals surface area contributed by atoms with Gasteiger partial charge in [0.25, 0.3) is 0 Å². The smallest absolute Gasteiger partial charge is 0.164 e. The summed E-state index contributed by atoms with van der Waals surface area (Å²) in [5.41, 5.74) is 28.3. The first-order valence-corrected chi connectivity index (χ1v) is 35.6. The minimum atomic E-state index is -0.545. The third kappa shape index (κ3) is 9.16. The summed E-state index contributed by atoms with van der Waals surface area (Å²) in [5.74, 6) is 2.50. The van der Waals surface area contributed by atoms with Crippen LogP contribution in [0.25, 0.3) is 124 Å². The standard InChI is InChI=1S/C93H57N5S2/c1-3-20-58(21-4-1)59-44-48-65(49-45-59)88-96-90(98-91(97-88)69-51-53-73-71-27-8-10-29-75(71)93(81(73)56-69)78-32-13-17-36-86(78)100-87-37-18-14-33-79(87)93)67-25-19-24-66(54-67)62-40-38-60(39-41-62)61-42-46-64(47-43-61)83-57-82(63-22-5-2-6-23-63)94-89(95-83)68-50-52-72-70-26-7-9-28-74(70)92(80(72)55-68)76-30-11-15-34-84(76)99-85-35-16-12-31-77(85)92/h1-57H. The first kappa shape index (κ1) is 58.1. The van der Waals surface area contributed by atoms with Gasteiger partial charge in [0.15, 0.2) is 23.3 Å². The van der Waals surface area contributed by atoms with Crippen LogP contribution in [0.2, 0.25) is 0 Å². The fraction of sp³-hybridized carbons (Fsp3) is 0.0215. The Kier molecular flexibility index (Phi) is 13.5. The fourth-order valence-corrected chi connectivity index (χ4v) is 18.6. The van der Waals surface area contributed by atoms with E-state index in [0.29, 0.717) is 23.3 Å². The molecule has 2 aromatic heterocycles. The third-order valence-electron chi connectivity index (χ3n) is 20.7. The van der Waals surface area contributed by atoms with Gasteiger partial charge in [-0.15, -0.1) is 0 Å². The van der Waals surface area contributed by atoms with Crippen LogP contribution in [-0.4, -0.2) is 24.9 Å². The predicted molar refractivity (Wildman–Crippen MR) is 407 cm³/mol. The normalized spacial score (nSPS) is 13.5. The molecule has 16 aromatic rings. The Labute approximate surface area is 588 Å². The van der Waals surface area contributed by atoms with Gasteiger partial charge in [-0.25, -0.2) is 24.9 Å². The van der Waals surface area contributed by atoms with Gasteiger partial charge in [0.2, 0.25) is 0 Å². The van der Waals surface area contributed by atoms with E-state index >= 15 is 0 Å². The lowest BCUT2D eigenvalue weighted by molar-refractivity contribution is 0.722. The molecule has 2 aliphatic heterocycles. The van der Waals surface area contributed by atoms with Crippen LogP contribution in [0.15, 0.2) is 365 Å². The van der Waals surface area contributed by atoms with E-state index in [1.54, 1.807) is 0 Å². The zero-order valence-corrected chi connectivity index (χ0v) is 55.6. The zero-order valence-electron chi connectivity index (χ0n) is 54.0. The number of benzene rings is 14. The molecule has 20 rings (SSSR count). The number of nitrogens with zero attached hydrogens (tertiary/aromatic N) is 5. The molecule has 2 spiro atoms. The highest BCUT2D eigenvalue weighted by Gasteiger charge is 2.52. The monoisotopic (exact) mass is 1310 g/mol. The number of fused-ring (bicyclic) bond motifs is 18. The Bertz CT molecular complexity index is 5880. The van der Waals surface area contributed by atoms with E-state index in [-0.39, 0.29) is 0 Å². The summed E-state index contributed by atoms with van der Waals surface area (Å²) >= 11 is 3.71. The molecule has 0 saturated carbocycles. The molecule has 5 nitrogen and oxygen atoms in total. The lowest BCUT2D eigenvalue weighted by atomic mass is 9.67. The van der Waals surface area contributed by atoms with Crippen molar-refractivity contribution in [1.82, 2.24) is 24.9 Å². The molecule has 0 saturated heterocycles. The molecular formula is C93H57N5S2. The van der Waals surface area contributed by atoms with Crippen LogP contribution >= 0.6 is 23.5 Å². The largest absolute Gasteiger partial charge is 0.228 e. The Hall–Kier alpha value is -12.1. The number of aromatic nitrogens is 5. The third-order valence-corrected chi connectivity index (χ3v) is 23.0. The minimum absolute atomic E-state index is 0.512. The van der Waals surface area contributed by atoms with Crippen molar-refractivity contribution in [3.63, 3.8) is 0 Å². The summed E-state index contributed by atoms with van der Waals surface area (Å²) in [6.07, 6.45) is 0. The molecule has 4 heterocycles. The maximum absolute atomic E-state index is 5.45. The molecule has 2 aliphatic carbocycles. The van der Waals surface area contributed by atoms with Crippen LogP contribution in [0.3, 0.4) is 0 Å². The molecule has 100 heavy (non-hydrogen) atoms. The second-order valence-electron chi connectivity index (χ2n) is 26.1. The molecular weight excluding hydrogens is 1250 g/mol. The topological polar surface area (TPSA) is 64.5 Å². The van der Waals surface area contributed by atoms with Crippen molar-refractivity contribution in [2.24, 2.45) is 0 Å². The lowest BCUT2D eigenvalue weighted by Gasteiger charge is -2.39. The maximum atomic E-state index is 5.45. The lowest BCUT2D eigenvalue weighted by Crippen LogP contribution is -2.31. The van der Waals surface area contributed by atoms with Gasteiger partial charge in [0.1, 0.15) is 0 Å². The molecule has 4 aliphatic rings. The van der Waals surface area contributed by atoms with Gasteiger partial charge in [-0.05, 0) is 149 Å². The van der Waals surface area contributed by atoms with Crippen molar-refractivity contribution in [3.8, 4) is 124 Å². The number of rotatable bonds is 9. The van der Waals surface area contributed by atoms with Crippen molar-refractivity contribution < 1.29 is 0 Å². The molecule has 14 aromatic carbocycles. The van der Waals surface area contributed by atoms with Crippen LogP contribution in [0.1, 0.15) is 44.5 Å². The van der Waals surface area contributed by atoms with Crippen molar-refractivity contribution >= 4 is 23.5 Å². The first-order valence-electron chi connectivity index (χ1n) is 33.9. The van der Waals surface area contributed by atoms with Gasteiger partial charge >= 0.3 is 0 Å². The summed E-state index contributed by atoms with van der Waals surface area (Å²) in [6, 6.07) is 125. The van der Waals surface area contributed by atoms with E-state index in [2.05, 4.69) is 346 Å². The molecule has 0 bridgehead atoms. The van der Waals surface area contributed by atoms with E-state index in [4.69, 9.17) is 24.9 Å². The molecule has 0 fully saturated rings. The van der Waals surface area contributed by atoms with Gasteiger partial charge in [0, 0.05) is 53.0 Å². The van der Waals surface area contributed by atoms with E-state index < -0.39 is 10.8 Å². The summed E-state index contributed by atoms with van der Waals surface area (Å²) in [5, 5.41) is 0. The van der Waals surface area contributed by atoms with Crippen LogP contribution in [0.5, 0.6) is 0 Å². The number of hydrogen-bond donors (Lipinski definition) is 0. The SMILES string of the molecule is c1ccc(-c2ccc(-c3nc(-c4cccc(-c5ccc(-c6ccc(-c7cc(-c8ccccc8)nc(-c8ccc9c(c8)C8(c%10ccccc%10Sc%10ccccc%108)c8ccccc8-9)n7)cc6)cc5)c4)nc(-c4ccc5c(c4)C4(c6ccccc6Sc6ccccc64)c4ccccc4-5)n3)cc2)cc1. The van der Waals surface area contributed by atoms with Crippen LogP contribution in [0, 0.1) is 0 Å². The first-order chi connectivity index (χ1) is 49.5. The second-order valence-corrected chi connectivity index (χ2v) is 28.3. The van der Waals surface area contributed by atoms with Crippen LogP contribution < -0.4 is 0 Å². The van der Waals surface area contributed by atoms with E-state index in [9.17, 15) is 0 Å². The predicted octanol–water partition coefficient (Wildman–Crippen LogP) is 23.3. The molecule has 0 unspecified atom stereocenters. The average Bonchev–Trinajstić information content (AvgIpc) is 1.49. The molecule has 0 N–H and O–H groups in total. The number of hydrogen-bond acceptors (Lipinski definition) is 7. The van der Waals surface area contributed by atoms with Gasteiger partial charge in [-0.3, -0.25) is 0 Å². The van der Waals surface area contributed by atoms with Crippen molar-refractivity contribution in [2.45, 2.75) is 30.4 Å². The van der Waals surface area contributed by atoms with Gasteiger partial charge < -0.3 is 0 Å². The summed E-state index contributed by atoms with van der Waals surface area (Å²) in [4.78, 5) is 32.0. The minimum Gasteiger partial charge on any atom is -0.228 e. The second kappa shape index (κ2) is 23.3. The summed E-state index contributed by atoms with van der Waals surface area (Å²) in [6.45, 7) is 0. The Morgan fingerprint density at radius 2 is 0.450 bits per heavy atom. The maximum Gasteiger partial charge on any atom is 0.164 e. The van der Waals surface area contributed by atoms with E-state index in [1.165, 1.54) is 86.3 Å². The van der Waals surface area contributed by atoms with Crippen LogP contribution in [-0.2, 0) is 10.8 Å². The van der Waals surface area contributed by atoms with Crippen LogP contribution in [0.4, 0.5) is 0 Å².